The van der Waals surface area contributed by atoms with Gasteiger partial charge in [-0.25, -0.2) is 13.6 Å². The SMILES string of the molecule is CC(CN1CCOCC1)Nc1c(F)cc(C(=O)O)cc1F. The standard InChI is InChI=1S/C14H18F2N2O3/c1-9(8-18-2-4-21-5-3-18)17-13-11(15)6-10(14(19)20)7-12(13)16/h6-7,9,17H,2-5,8H2,1H3,(H,19,20). The zero-order valence-electron chi connectivity index (χ0n) is 11.7. The van der Waals surface area contributed by atoms with Gasteiger partial charge in [0.05, 0.1) is 18.8 Å². The number of aromatic carboxylic acids is 1. The molecule has 0 spiro atoms. The highest BCUT2D eigenvalue weighted by atomic mass is 19.1. The normalized spacial score (nSPS) is 17.5. The minimum absolute atomic E-state index is 0.178. The zero-order chi connectivity index (χ0) is 15.4. The van der Waals surface area contributed by atoms with Crippen LogP contribution < -0.4 is 5.32 Å². The minimum Gasteiger partial charge on any atom is -0.478 e. The van der Waals surface area contributed by atoms with E-state index in [-0.39, 0.29) is 11.7 Å². The second-order valence-electron chi connectivity index (χ2n) is 5.08. The molecule has 1 saturated heterocycles. The summed E-state index contributed by atoms with van der Waals surface area (Å²) in [6.07, 6.45) is 0. The van der Waals surface area contributed by atoms with Gasteiger partial charge in [-0.1, -0.05) is 0 Å². The van der Waals surface area contributed by atoms with E-state index >= 15 is 0 Å². The minimum atomic E-state index is -1.36. The van der Waals surface area contributed by atoms with Gasteiger partial charge in [0.25, 0.3) is 0 Å². The van der Waals surface area contributed by atoms with Crippen molar-refractivity contribution in [3.8, 4) is 0 Å². The Morgan fingerprint density at radius 1 is 1.38 bits per heavy atom. The number of carboxylic acids is 1. The molecule has 1 aromatic carbocycles. The molecule has 7 heteroatoms. The number of benzene rings is 1. The van der Waals surface area contributed by atoms with Gasteiger partial charge in [-0.05, 0) is 19.1 Å². The van der Waals surface area contributed by atoms with Crippen molar-refractivity contribution in [2.45, 2.75) is 13.0 Å². The summed E-state index contributed by atoms with van der Waals surface area (Å²) in [6, 6.07) is 1.45. The van der Waals surface area contributed by atoms with E-state index < -0.39 is 23.2 Å². The van der Waals surface area contributed by atoms with Gasteiger partial charge in [0.15, 0.2) is 0 Å². The fourth-order valence-electron chi connectivity index (χ4n) is 2.30. The Balaban J connectivity index is 2.03. The number of hydrogen-bond acceptors (Lipinski definition) is 4. The van der Waals surface area contributed by atoms with E-state index in [1.165, 1.54) is 0 Å². The summed E-state index contributed by atoms with van der Waals surface area (Å²) < 4.78 is 32.9. The monoisotopic (exact) mass is 300 g/mol. The topological polar surface area (TPSA) is 61.8 Å². The third kappa shape index (κ3) is 4.12. The first kappa shape index (κ1) is 15.7. The molecule has 0 aromatic heterocycles. The number of hydrogen-bond donors (Lipinski definition) is 2. The van der Waals surface area contributed by atoms with Gasteiger partial charge in [-0.3, -0.25) is 4.90 Å². The molecule has 1 fully saturated rings. The van der Waals surface area contributed by atoms with Crippen LogP contribution in [0.1, 0.15) is 17.3 Å². The van der Waals surface area contributed by atoms with Crippen LogP contribution in [0.15, 0.2) is 12.1 Å². The van der Waals surface area contributed by atoms with Crippen LogP contribution in [-0.2, 0) is 4.74 Å². The summed E-state index contributed by atoms with van der Waals surface area (Å²) in [5, 5.41) is 11.5. The maximum absolute atomic E-state index is 13.8. The van der Waals surface area contributed by atoms with Crippen LogP contribution in [0.3, 0.4) is 0 Å². The van der Waals surface area contributed by atoms with E-state index in [0.717, 1.165) is 25.2 Å². The van der Waals surface area contributed by atoms with Crippen LogP contribution in [0.2, 0.25) is 0 Å². The molecule has 1 heterocycles. The zero-order valence-corrected chi connectivity index (χ0v) is 11.7. The molecule has 116 valence electrons. The van der Waals surface area contributed by atoms with E-state index in [2.05, 4.69) is 10.2 Å². The van der Waals surface area contributed by atoms with E-state index in [1.807, 2.05) is 6.92 Å². The van der Waals surface area contributed by atoms with Gasteiger partial charge >= 0.3 is 5.97 Å². The number of nitrogens with one attached hydrogen (secondary N) is 1. The maximum Gasteiger partial charge on any atom is 0.335 e. The van der Waals surface area contributed by atoms with Crippen LogP contribution in [-0.4, -0.2) is 54.9 Å². The summed E-state index contributed by atoms with van der Waals surface area (Å²) in [7, 11) is 0. The average molecular weight is 300 g/mol. The van der Waals surface area contributed by atoms with Crippen molar-refractivity contribution in [2.75, 3.05) is 38.2 Å². The molecule has 1 aliphatic rings. The molecule has 5 nitrogen and oxygen atoms in total. The predicted octanol–water partition coefficient (Wildman–Crippen LogP) is 1.80. The van der Waals surface area contributed by atoms with E-state index in [9.17, 15) is 13.6 Å². The highest BCUT2D eigenvalue weighted by molar-refractivity contribution is 5.88. The summed E-state index contributed by atoms with van der Waals surface area (Å²) in [6.45, 7) is 5.33. The van der Waals surface area contributed by atoms with Crippen molar-refractivity contribution < 1.29 is 23.4 Å². The van der Waals surface area contributed by atoms with E-state index in [4.69, 9.17) is 9.84 Å². The predicted molar refractivity (Wildman–Crippen MR) is 73.7 cm³/mol. The van der Waals surface area contributed by atoms with E-state index in [1.54, 1.807) is 0 Å². The third-order valence-corrected chi connectivity index (χ3v) is 3.32. The molecule has 0 saturated carbocycles. The molecule has 0 amide bonds. The summed E-state index contributed by atoms with van der Waals surface area (Å²) in [4.78, 5) is 12.9. The van der Waals surface area contributed by atoms with Gasteiger partial charge in [0, 0.05) is 25.7 Å². The van der Waals surface area contributed by atoms with Crippen molar-refractivity contribution in [1.82, 2.24) is 4.90 Å². The fourth-order valence-corrected chi connectivity index (χ4v) is 2.30. The number of nitrogens with zero attached hydrogens (tertiary/aromatic N) is 1. The molecule has 0 radical (unpaired) electrons. The first-order chi connectivity index (χ1) is 9.97. The Morgan fingerprint density at radius 2 is 1.95 bits per heavy atom. The van der Waals surface area contributed by atoms with Crippen molar-refractivity contribution >= 4 is 11.7 Å². The highest BCUT2D eigenvalue weighted by Crippen LogP contribution is 2.22. The lowest BCUT2D eigenvalue weighted by molar-refractivity contribution is 0.0368. The van der Waals surface area contributed by atoms with Gasteiger partial charge in [0.1, 0.15) is 17.3 Å². The molecule has 1 aliphatic heterocycles. The average Bonchev–Trinajstić information content (AvgIpc) is 2.43. The highest BCUT2D eigenvalue weighted by Gasteiger charge is 2.18. The van der Waals surface area contributed by atoms with Crippen LogP contribution in [0.25, 0.3) is 0 Å². The quantitative estimate of drug-likeness (QED) is 0.868. The fraction of sp³-hybridized carbons (Fsp3) is 0.500. The van der Waals surface area contributed by atoms with Crippen LogP contribution in [0, 0.1) is 11.6 Å². The molecule has 1 atom stereocenters. The molecule has 1 aromatic rings. The molecule has 0 bridgehead atoms. The number of anilines is 1. The Hall–Kier alpha value is -1.73. The van der Waals surface area contributed by atoms with Gasteiger partial charge in [-0.15, -0.1) is 0 Å². The molecular weight excluding hydrogens is 282 g/mol. The first-order valence-corrected chi connectivity index (χ1v) is 6.76. The Kier molecular flexibility index (Phi) is 5.08. The number of carboxylic acid groups (broad SMARTS) is 1. The molecule has 21 heavy (non-hydrogen) atoms. The number of ether oxygens (including phenoxy) is 1. The molecule has 2 N–H and O–H groups in total. The van der Waals surface area contributed by atoms with Crippen molar-refractivity contribution in [2.24, 2.45) is 0 Å². The van der Waals surface area contributed by atoms with E-state index in [0.29, 0.717) is 19.8 Å². The lowest BCUT2D eigenvalue weighted by Gasteiger charge is -2.29. The van der Waals surface area contributed by atoms with Gasteiger partial charge < -0.3 is 15.2 Å². The second-order valence-corrected chi connectivity index (χ2v) is 5.08. The van der Waals surface area contributed by atoms with Gasteiger partial charge in [-0.2, -0.15) is 0 Å². The Morgan fingerprint density at radius 3 is 2.48 bits per heavy atom. The van der Waals surface area contributed by atoms with Gasteiger partial charge in [0.2, 0.25) is 0 Å². The van der Waals surface area contributed by atoms with Crippen LogP contribution in [0.5, 0.6) is 0 Å². The lowest BCUT2D eigenvalue weighted by atomic mass is 10.1. The van der Waals surface area contributed by atoms with Crippen LogP contribution >= 0.6 is 0 Å². The second kappa shape index (κ2) is 6.82. The van der Waals surface area contributed by atoms with Crippen molar-refractivity contribution in [1.29, 1.82) is 0 Å². The maximum atomic E-state index is 13.8. The summed E-state index contributed by atoms with van der Waals surface area (Å²) in [5.74, 6) is -3.16. The Bertz CT molecular complexity index is 496. The number of morpholine rings is 1. The van der Waals surface area contributed by atoms with Crippen LogP contribution in [0.4, 0.5) is 14.5 Å². The largest absolute Gasteiger partial charge is 0.478 e. The smallest absolute Gasteiger partial charge is 0.335 e. The third-order valence-electron chi connectivity index (χ3n) is 3.32. The number of carbonyl (C=O) groups is 1. The number of halogens is 2. The molecule has 0 aliphatic carbocycles. The first-order valence-electron chi connectivity index (χ1n) is 6.76. The van der Waals surface area contributed by atoms with Crippen molar-refractivity contribution in [3.63, 3.8) is 0 Å². The number of rotatable bonds is 5. The lowest BCUT2D eigenvalue weighted by Crippen LogP contribution is -2.42. The molecule has 1 unspecified atom stereocenters. The Labute approximate surface area is 121 Å². The van der Waals surface area contributed by atoms with Crippen molar-refractivity contribution in [3.05, 3.63) is 29.3 Å². The summed E-state index contributed by atoms with van der Waals surface area (Å²) in [5.41, 5.74) is -0.697. The molecule has 2 rings (SSSR count). The summed E-state index contributed by atoms with van der Waals surface area (Å²) >= 11 is 0. The molecular formula is C14H18F2N2O3.